The van der Waals surface area contributed by atoms with Crippen LogP contribution in [0.3, 0.4) is 0 Å². The Hall–Kier alpha value is -1.42. The average molecular weight is 276 g/mol. The van der Waals surface area contributed by atoms with Crippen LogP contribution in [0.5, 0.6) is 0 Å². The zero-order valence-corrected chi connectivity index (χ0v) is 12.3. The Morgan fingerprint density at radius 2 is 2.25 bits per heavy atom. The number of likely N-dealkylation sites (N-methyl/N-ethyl adjacent to an activating group) is 1. The van der Waals surface area contributed by atoms with Crippen molar-refractivity contribution in [2.24, 2.45) is 11.8 Å². The van der Waals surface area contributed by atoms with E-state index < -0.39 is 5.97 Å². The van der Waals surface area contributed by atoms with Crippen LogP contribution in [-0.2, 0) is 11.2 Å². The van der Waals surface area contributed by atoms with Gasteiger partial charge in [-0.25, -0.2) is 0 Å². The molecule has 0 spiro atoms. The van der Waals surface area contributed by atoms with Crippen molar-refractivity contribution in [1.29, 1.82) is 0 Å². The number of aromatic nitrogens is 1. The standard InChI is InChI=1S/C16H24N2O2/c1-12-6-7-14(16(19)20)15(11-12)18(2)10-8-13-5-3-4-9-17-13/h3-5,9,12,14-15H,6-8,10-11H2,1-2H3,(H,19,20). The van der Waals surface area contributed by atoms with Crippen molar-refractivity contribution >= 4 is 5.97 Å². The first kappa shape index (κ1) is 15.0. The molecule has 4 nitrogen and oxygen atoms in total. The summed E-state index contributed by atoms with van der Waals surface area (Å²) in [6.07, 6.45) is 5.49. The van der Waals surface area contributed by atoms with Gasteiger partial charge in [-0.2, -0.15) is 0 Å². The van der Waals surface area contributed by atoms with Gasteiger partial charge in [-0.05, 0) is 44.4 Å². The van der Waals surface area contributed by atoms with E-state index in [1.807, 2.05) is 25.2 Å². The van der Waals surface area contributed by atoms with Crippen LogP contribution in [0.4, 0.5) is 0 Å². The van der Waals surface area contributed by atoms with Gasteiger partial charge in [0.25, 0.3) is 0 Å². The zero-order chi connectivity index (χ0) is 14.5. The summed E-state index contributed by atoms with van der Waals surface area (Å²) in [4.78, 5) is 17.9. The van der Waals surface area contributed by atoms with E-state index in [4.69, 9.17) is 0 Å². The summed E-state index contributed by atoms with van der Waals surface area (Å²) in [6, 6.07) is 6.08. The molecule has 0 aromatic carbocycles. The largest absolute Gasteiger partial charge is 0.481 e. The highest BCUT2D eigenvalue weighted by molar-refractivity contribution is 5.71. The fourth-order valence-electron chi connectivity index (χ4n) is 3.13. The molecule has 20 heavy (non-hydrogen) atoms. The molecule has 1 aliphatic rings. The van der Waals surface area contributed by atoms with Crippen molar-refractivity contribution in [2.45, 2.75) is 38.6 Å². The minimum Gasteiger partial charge on any atom is -0.481 e. The van der Waals surface area contributed by atoms with Crippen LogP contribution in [0.2, 0.25) is 0 Å². The van der Waals surface area contributed by atoms with Gasteiger partial charge < -0.3 is 10.0 Å². The van der Waals surface area contributed by atoms with Crippen molar-refractivity contribution in [3.05, 3.63) is 30.1 Å². The maximum absolute atomic E-state index is 11.4. The summed E-state index contributed by atoms with van der Waals surface area (Å²) in [5.74, 6) is -0.251. The van der Waals surface area contributed by atoms with Crippen LogP contribution in [-0.4, -0.2) is 40.6 Å². The summed E-state index contributed by atoms with van der Waals surface area (Å²) in [5, 5.41) is 9.39. The highest BCUT2D eigenvalue weighted by Gasteiger charge is 2.35. The molecule has 1 N–H and O–H groups in total. The Morgan fingerprint density at radius 1 is 1.45 bits per heavy atom. The van der Waals surface area contributed by atoms with E-state index in [9.17, 15) is 9.90 Å². The molecule has 0 aliphatic heterocycles. The quantitative estimate of drug-likeness (QED) is 0.897. The Bertz CT molecular complexity index is 435. The van der Waals surface area contributed by atoms with Crippen LogP contribution in [0, 0.1) is 11.8 Å². The molecule has 1 fully saturated rings. The van der Waals surface area contributed by atoms with Gasteiger partial charge in [0.1, 0.15) is 0 Å². The molecule has 110 valence electrons. The number of hydrogen-bond acceptors (Lipinski definition) is 3. The average Bonchev–Trinajstić information content (AvgIpc) is 2.45. The van der Waals surface area contributed by atoms with Crippen molar-refractivity contribution in [3.63, 3.8) is 0 Å². The second-order valence-electron chi connectivity index (χ2n) is 5.98. The van der Waals surface area contributed by atoms with Gasteiger partial charge in [0.2, 0.25) is 0 Å². The number of rotatable bonds is 5. The Morgan fingerprint density at radius 3 is 2.90 bits per heavy atom. The van der Waals surface area contributed by atoms with Crippen molar-refractivity contribution in [2.75, 3.05) is 13.6 Å². The van der Waals surface area contributed by atoms with Gasteiger partial charge >= 0.3 is 5.97 Å². The summed E-state index contributed by atoms with van der Waals surface area (Å²) in [7, 11) is 2.04. The maximum Gasteiger partial charge on any atom is 0.308 e. The first-order chi connectivity index (χ1) is 9.58. The van der Waals surface area contributed by atoms with Crippen LogP contribution in [0.1, 0.15) is 31.9 Å². The number of pyridine rings is 1. The van der Waals surface area contributed by atoms with E-state index in [-0.39, 0.29) is 12.0 Å². The number of carbonyl (C=O) groups is 1. The lowest BCUT2D eigenvalue weighted by Gasteiger charge is -2.38. The zero-order valence-electron chi connectivity index (χ0n) is 12.3. The minimum atomic E-state index is -0.647. The molecule has 2 rings (SSSR count). The van der Waals surface area contributed by atoms with Gasteiger partial charge in [0, 0.05) is 30.9 Å². The first-order valence-corrected chi connectivity index (χ1v) is 7.41. The minimum absolute atomic E-state index is 0.153. The summed E-state index contributed by atoms with van der Waals surface area (Å²) >= 11 is 0. The highest BCUT2D eigenvalue weighted by atomic mass is 16.4. The first-order valence-electron chi connectivity index (χ1n) is 7.41. The summed E-state index contributed by atoms with van der Waals surface area (Å²) in [5.41, 5.74) is 1.06. The van der Waals surface area contributed by atoms with Gasteiger partial charge in [0.05, 0.1) is 5.92 Å². The van der Waals surface area contributed by atoms with Crippen LogP contribution in [0.15, 0.2) is 24.4 Å². The number of hydrogen-bond donors (Lipinski definition) is 1. The van der Waals surface area contributed by atoms with Gasteiger partial charge in [-0.3, -0.25) is 9.78 Å². The van der Waals surface area contributed by atoms with Crippen LogP contribution < -0.4 is 0 Å². The molecule has 0 saturated heterocycles. The van der Waals surface area contributed by atoms with Crippen molar-refractivity contribution in [3.8, 4) is 0 Å². The van der Waals surface area contributed by atoms with E-state index in [0.717, 1.165) is 37.9 Å². The molecule has 3 unspecified atom stereocenters. The van der Waals surface area contributed by atoms with Crippen molar-refractivity contribution < 1.29 is 9.90 Å². The molecule has 1 aromatic rings. The molecule has 0 bridgehead atoms. The van der Waals surface area contributed by atoms with E-state index >= 15 is 0 Å². The molecule has 0 amide bonds. The predicted octanol–water partition coefficient (Wildman–Crippen LogP) is 2.45. The van der Waals surface area contributed by atoms with Crippen molar-refractivity contribution in [1.82, 2.24) is 9.88 Å². The molecular weight excluding hydrogens is 252 g/mol. The Labute approximate surface area is 120 Å². The molecule has 1 heterocycles. The monoisotopic (exact) mass is 276 g/mol. The third-order valence-electron chi connectivity index (χ3n) is 4.41. The number of aliphatic carboxylic acids is 1. The maximum atomic E-state index is 11.4. The fraction of sp³-hybridized carbons (Fsp3) is 0.625. The van der Waals surface area contributed by atoms with Gasteiger partial charge in [0.15, 0.2) is 0 Å². The second-order valence-corrected chi connectivity index (χ2v) is 5.98. The normalized spacial score (nSPS) is 26.6. The van der Waals surface area contributed by atoms with Crippen LogP contribution in [0.25, 0.3) is 0 Å². The van der Waals surface area contributed by atoms with E-state index in [1.54, 1.807) is 6.20 Å². The molecule has 3 atom stereocenters. The number of carboxylic acids is 1. The lowest BCUT2D eigenvalue weighted by molar-refractivity contribution is -0.145. The molecule has 4 heteroatoms. The van der Waals surface area contributed by atoms with Gasteiger partial charge in [-0.15, -0.1) is 0 Å². The van der Waals surface area contributed by atoms with Crippen LogP contribution >= 0.6 is 0 Å². The Kier molecular flexibility index (Phi) is 5.12. The topological polar surface area (TPSA) is 53.4 Å². The number of nitrogens with zero attached hydrogens (tertiary/aromatic N) is 2. The fourth-order valence-corrected chi connectivity index (χ4v) is 3.13. The second kappa shape index (κ2) is 6.84. The molecule has 1 aliphatic carbocycles. The lowest BCUT2D eigenvalue weighted by Crippen LogP contribution is -2.45. The highest BCUT2D eigenvalue weighted by Crippen LogP contribution is 2.32. The summed E-state index contributed by atoms with van der Waals surface area (Å²) in [6.45, 7) is 3.08. The predicted molar refractivity (Wildman–Crippen MR) is 78.5 cm³/mol. The van der Waals surface area contributed by atoms with E-state index in [1.165, 1.54) is 0 Å². The smallest absolute Gasteiger partial charge is 0.308 e. The molecule has 1 aromatic heterocycles. The van der Waals surface area contributed by atoms with E-state index in [2.05, 4.69) is 16.8 Å². The Balaban J connectivity index is 1.95. The lowest BCUT2D eigenvalue weighted by atomic mass is 9.78. The number of carboxylic acid groups (broad SMARTS) is 1. The van der Waals surface area contributed by atoms with Gasteiger partial charge in [-0.1, -0.05) is 13.0 Å². The van der Waals surface area contributed by atoms with E-state index in [0.29, 0.717) is 5.92 Å². The molecule has 1 saturated carbocycles. The molecule has 0 radical (unpaired) electrons. The molecular formula is C16H24N2O2. The third-order valence-corrected chi connectivity index (χ3v) is 4.41. The summed E-state index contributed by atoms with van der Waals surface area (Å²) < 4.78 is 0. The third kappa shape index (κ3) is 3.79. The SMILES string of the molecule is CC1CCC(C(=O)O)C(N(C)CCc2ccccn2)C1.